The van der Waals surface area contributed by atoms with Crippen LogP contribution in [0.1, 0.15) is 11.1 Å². The highest BCUT2D eigenvalue weighted by Gasteiger charge is 2.36. The van der Waals surface area contributed by atoms with Crippen LogP contribution in [0.4, 0.5) is 14.9 Å². The number of hydrogen-bond donors (Lipinski definition) is 0. The first-order valence-corrected chi connectivity index (χ1v) is 8.90. The minimum atomic E-state index is -0.555. The molecule has 0 aliphatic carbocycles. The first-order valence-electron chi connectivity index (χ1n) is 7.29. The van der Waals surface area contributed by atoms with E-state index in [1.165, 1.54) is 42.5 Å². The zero-order valence-corrected chi connectivity index (χ0v) is 15.4. The molecule has 0 radical (unpaired) electrons. The number of nitrogens with zero attached hydrogens (tertiary/aromatic N) is 2. The van der Waals surface area contributed by atoms with E-state index in [1.54, 1.807) is 6.07 Å². The first-order chi connectivity index (χ1) is 12.4. The van der Waals surface area contributed by atoms with Crippen molar-refractivity contribution in [3.63, 3.8) is 0 Å². The predicted molar refractivity (Wildman–Crippen MR) is 98.7 cm³/mol. The molecule has 0 bridgehead atoms. The second-order valence-electron chi connectivity index (χ2n) is 5.33. The molecule has 2 aromatic carbocycles. The van der Waals surface area contributed by atoms with E-state index in [0.29, 0.717) is 5.56 Å². The van der Waals surface area contributed by atoms with Crippen LogP contribution in [-0.4, -0.2) is 21.0 Å². The van der Waals surface area contributed by atoms with Crippen LogP contribution in [0.3, 0.4) is 0 Å². The Bertz CT molecular complexity index is 964. The molecule has 0 saturated carbocycles. The van der Waals surface area contributed by atoms with Crippen molar-refractivity contribution >= 4 is 50.6 Å². The smallest absolute Gasteiger partial charge is 0.268 e. The summed E-state index contributed by atoms with van der Waals surface area (Å²) in [5.74, 6) is -0.981. The lowest BCUT2D eigenvalue weighted by Gasteiger charge is -2.12. The summed E-state index contributed by atoms with van der Waals surface area (Å²) < 4.78 is 13.5. The van der Waals surface area contributed by atoms with Crippen LogP contribution in [0.2, 0.25) is 0 Å². The van der Waals surface area contributed by atoms with Gasteiger partial charge in [0.1, 0.15) is 5.82 Å². The minimum absolute atomic E-state index is 0.155. The van der Waals surface area contributed by atoms with Crippen molar-refractivity contribution in [2.75, 3.05) is 0 Å². The number of hydrogen-bond acceptors (Lipinski definition) is 5. The van der Waals surface area contributed by atoms with Crippen molar-refractivity contribution in [3.8, 4) is 0 Å². The number of rotatable bonds is 4. The lowest BCUT2D eigenvalue weighted by Crippen LogP contribution is -2.27. The molecule has 2 aromatic rings. The van der Waals surface area contributed by atoms with Crippen LogP contribution in [0.5, 0.6) is 0 Å². The van der Waals surface area contributed by atoms with Crippen molar-refractivity contribution in [2.45, 2.75) is 6.54 Å². The van der Waals surface area contributed by atoms with E-state index < -0.39 is 21.9 Å². The van der Waals surface area contributed by atoms with Gasteiger partial charge in [-0.3, -0.25) is 24.6 Å². The number of para-hydroxylation sites is 1. The molecular formula is C17H10BrFN2O4S. The molecule has 1 aliphatic heterocycles. The van der Waals surface area contributed by atoms with E-state index in [0.717, 1.165) is 16.7 Å². The summed E-state index contributed by atoms with van der Waals surface area (Å²) in [4.78, 5) is 36.4. The number of imide groups is 1. The maximum Gasteiger partial charge on any atom is 0.293 e. The van der Waals surface area contributed by atoms with Crippen molar-refractivity contribution < 1.29 is 18.9 Å². The Morgan fingerprint density at radius 1 is 1.23 bits per heavy atom. The SMILES string of the molecule is O=C1S/C(=C\c2ccc(F)c(Br)c2)C(=O)N1Cc1ccccc1[N+](=O)[O-]. The van der Waals surface area contributed by atoms with Crippen LogP contribution in [0.15, 0.2) is 51.8 Å². The number of nitro groups is 1. The fraction of sp³-hybridized carbons (Fsp3) is 0.0588. The molecule has 2 amide bonds. The predicted octanol–water partition coefficient (Wildman–Crippen LogP) is 4.73. The molecule has 132 valence electrons. The fourth-order valence-corrected chi connectivity index (χ4v) is 3.62. The second-order valence-corrected chi connectivity index (χ2v) is 7.17. The topological polar surface area (TPSA) is 80.5 Å². The van der Waals surface area contributed by atoms with Gasteiger partial charge in [-0.15, -0.1) is 0 Å². The fourth-order valence-electron chi connectivity index (χ4n) is 2.38. The number of nitro benzene ring substituents is 1. The van der Waals surface area contributed by atoms with Gasteiger partial charge in [0, 0.05) is 11.6 Å². The van der Waals surface area contributed by atoms with E-state index in [-0.39, 0.29) is 27.2 Å². The van der Waals surface area contributed by atoms with Crippen LogP contribution in [-0.2, 0) is 11.3 Å². The summed E-state index contributed by atoms with van der Waals surface area (Å²) in [5.41, 5.74) is 0.665. The van der Waals surface area contributed by atoms with Gasteiger partial charge in [-0.2, -0.15) is 0 Å². The van der Waals surface area contributed by atoms with Crippen molar-refractivity contribution in [2.24, 2.45) is 0 Å². The lowest BCUT2D eigenvalue weighted by molar-refractivity contribution is -0.385. The quantitative estimate of drug-likeness (QED) is 0.393. The zero-order chi connectivity index (χ0) is 18.8. The van der Waals surface area contributed by atoms with E-state index in [2.05, 4.69) is 15.9 Å². The van der Waals surface area contributed by atoms with Crippen LogP contribution in [0, 0.1) is 15.9 Å². The number of amides is 2. The summed E-state index contributed by atoms with van der Waals surface area (Å²) in [7, 11) is 0. The van der Waals surface area contributed by atoms with Gasteiger partial charge in [0.15, 0.2) is 0 Å². The van der Waals surface area contributed by atoms with E-state index in [4.69, 9.17) is 0 Å². The highest BCUT2D eigenvalue weighted by Crippen LogP contribution is 2.34. The minimum Gasteiger partial charge on any atom is -0.268 e. The van der Waals surface area contributed by atoms with Gasteiger partial charge >= 0.3 is 0 Å². The Morgan fingerprint density at radius 3 is 2.65 bits per heavy atom. The lowest BCUT2D eigenvalue weighted by atomic mass is 10.1. The zero-order valence-electron chi connectivity index (χ0n) is 13.0. The van der Waals surface area contributed by atoms with Gasteiger partial charge in [-0.25, -0.2) is 4.39 Å². The molecular weight excluding hydrogens is 427 g/mol. The first kappa shape index (κ1) is 18.3. The highest BCUT2D eigenvalue weighted by molar-refractivity contribution is 9.10. The number of carbonyl (C=O) groups is 2. The Labute approximate surface area is 160 Å². The standard InChI is InChI=1S/C17H10BrFN2O4S/c18-12-7-10(5-6-13(12)19)8-15-16(22)20(17(23)26-15)9-11-3-1-2-4-14(11)21(24)25/h1-8H,9H2/b15-8-. The Kier molecular flexibility index (Phi) is 5.19. The third-order valence-corrected chi connectivity index (χ3v) is 5.15. The molecule has 1 heterocycles. The normalized spacial score (nSPS) is 15.8. The summed E-state index contributed by atoms with van der Waals surface area (Å²) in [6.45, 7) is -0.188. The van der Waals surface area contributed by atoms with Gasteiger partial charge in [0.25, 0.3) is 16.8 Å². The Morgan fingerprint density at radius 2 is 1.96 bits per heavy atom. The van der Waals surface area contributed by atoms with Crippen molar-refractivity contribution in [3.05, 3.63) is 78.9 Å². The van der Waals surface area contributed by atoms with Gasteiger partial charge in [-0.1, -0.05) is 24.3 Å². The number of carbonyl (C=O) groups excluding carboxylic acids is 2. The van der Waals surface area contributed by atoms with Crippen molar-refractivity contribution in [1.82, 2.24) is 4.90 Å². The van der Waals surface area contributed by atoms with Crippen molar-refractivity contribution in [1.29, 1.82) is 0 Å². The molecule has 0 atom stereocenters. The molecule has 3 rings (SSSR count). The third kappa shape index (κ3) is 3.68. The average molecular weight is 437 g/mol. The second kappa shape index (κ2) is 7.38. The maximum atomic E-state index is 13.3. The molecule has 1 saturated heterocycles. The van der Waals surface area contributed by atoms with Crippen LogP contribution < -0.4 is 0 Å². The summed E-state index contributed by atoms with van der Waals surface area (Å²) in [5, 5.41) is 10.6. The van der Waals surface area contributed by atoms with Gasteiger partial charge in [0.05, 0.1) is 20.8 Å². The van der Waals surface area contributed by atoms with Crippen LogP contribution >= 0.6 is 27.7 Å². The molecule has 9 heteroatoms. The largest absolute Gasteiger partial charge is 0.293 e. The molecule has 0 aromatic heterocycles. The molecule has 0 N–H and O–H groups in total. The molecule has 0 spiro atoms. The third-order valence-electron chi connectivity index (χ3n) is 3.63. The number of thioether (sulfide) groups is 1. The van der Waals surface area contributed by atoms with E-state index in [1.807, 2.05) is 0 Å². The number of halogens is 2. The van der Waals surface area contributed by atoms with Gasteiger partial charge in [0.2, 0.25) is 0 Å². The van der Waals surface area contributed by atoms with Gasteiger partial charge in [-0.05, 0) is 51.5 Å². The Balaban J connectivity index is 1.87. The average Bonchev–Trinajstić information content (AvgIpc) is 2.86. The molecule has 1 fully saturated rings. The van der Waals surface area contributed by atoms with E-state index >= 15 is 0 Å². The maximum absolute atomic E-state index is 13.3. The molecule has 6 nitrogen and oxygen atoms in total. The monoisotopic (exact) mass is 436 g/mol. The van der Waals surface area contributed by atoms with E-state index in [9.17, 15) is 24.1 Å². The Hall–Kier alpha value is -2.52. The summed E-state index contributed by atoms with van der Waals surface area (Å²) >= 11 is 3.80. The molecule has 1 aliphatic rings. The summed E-state index contributed by atoms with van der Waals surface area (Å²) in [6, 6.07) is 10.2. The summed E-state index contributed by atoms with van der Waals surface area (Å²) in [6.07, 6.45) is 1.48. The molecule has 0 unspecified atom stereocenters. The van der Waals surface area contributed by atoms with Gasteiger partial charge < -0.3 is 0 Å². The highest BCUT2D eigenvalue weighted by atomic mass is 79.9. The number of benzene rings is 2. The van der Waals surface area contributed by atoms with Crippen LogP contribution in [0.25, 0.3) is 6.08 Å². The molecule has 26 heavy (non-hydrogen) atoms.